The highest BCUT2D eigenvalue weighted by Crippen LogP contribution is 2.30. The quantitative estimate of drug-likeness (QED) is 0.538. The molecule has 0 amide bonds. The van der Waals surface area contributed by atoms with Gasteiger partial charge in [0.15, 0.2) is 0 Å². The highest BCUT2D eigenvalue weighted by Gasteiger charge is 2.35. The lowest BCUT2D eigenvalue weighted by Crippen LogP contribution is -2.10. The molecule has 3 aromatic heterocycles. The van der Waals surface area contributed by atoms with E-state index in [9.17, 15) is 13.2 Å². The Morgan fingerprint density at radius 2 is 1.54 bits per heavy atom. The molecule has 0 aliphatic rings. The lowest BCUT2D eigenvalue weighted by Gasteiger charge is -2.08. The van der Waals surface area contributed by atoms with Crippen LogP contribution in [0, 0.1) is 0 Å². The number of fused-ring (bicyclic) bond motifs is 1. The zero-order valence-electron chi connectivity index (χ0n) is 13.2. The Morgan fingerprint density at radius 1 is 0.808 bits per heavy atom. The summed E-state index contributed by atoms with van der Waals surface area (Å²) in [7, 11) is 0. The summed E-state index contributed by atoms with van der Waals surface area (Å²) in [6.07, 6.45) is 1.00. The monoisotopic (exact) mass is 356 g/mol. The Balaban J connectivity index is 1.65. The van der Waals surface area contributed by atoms with E-state index in [0.29, 0.717) is 22.4 Å². The van der Waals surface area contributed by atoms with Gasteiger partial charge in [-0.25, -0.2) is 15.0 Å². The van der Waals surface area contributed by atoms with E-state index in [2.05, 4.69) is 15.0 Å². The Labute approximate surface area is 145 Å². The molecule has 1 aromatic carbocycles. The van der Waals surface area contributed by atoms with Crippen molar-refractivity contribution in [3.8, 4) is 22.9 Å². The van der Waals surface area contributed by atoms with Gasteiger partial charge < -0.3 is 4.74 Å². The summed E-state index contributed by atoms with van der Waals surface area (Å²) in [5.74, 6) is -0.380. The average molecular weight is 356 g/mol. The van der Waals surface area contributed by atoms with Crippen LogP contribution in [0.4, 0.5) is 13.2 Å². The number of nitrogens with zero attached hydrogens (tertiary/aromatic N) is 4. The predicted octanol–water partition coefficient (Wildman–Crippen LogP) is 4.60. The average Bonchev–Trinajstić information content (AvgIpc) is 3.07. The van der Waals surface area contributed by atoms with Crippen molar-refractivity contribution in [1.29, 1.82) is 0 Å². The second-order valence-corrected chi connectivity index (χ2v) is 5.46. The van der Waals surface area contributed by atoms with Gasteiger partial charge in [0.2, 0.25) is 5.82 Å². The van der Waals surface area contributed by atoms with Gasteiger partial charge in [-0.1, -0.05) is 24.3 Å². The number of para-hydroxylation sites is 1. The van der Waals surface area contributed by atoms with Gasteiger partial charge in [0.25, 0.3) is 0 Å². The van der Waals surface area contributed by atoms with Crippen LogP contribution in [0.3, 0.4) is 0 Å². The van der Waals surface area contributed by atoms with Crippen molar-refractivity contribution in [1.82, 2.24) is 19.4 Å². The molecule has 0 radical (unpaired) electrons. The number of benzene rings is 1. The first-order valence-electron chi connectivity index (χ1n) is 7.60. The first kappa shape index (κ1) is 16.1. The fourth-order valence-electron chi connectivity index (χ4n) is 2.48. The lowest BCUT2D eigenvalue weighted by molar-refractivity contribution is -0.145. The Bertz CT molecular complexity index is 1040. The maximum Gasteiger partial charge on any atom is 0.450 e. The lowest BCUT2D eigenvalue weighted by atomic mass is 10.1. The molecule has 8 heteroatoms. The van der Waals surface area contributed by atoms with Crippen molar-refractivity contribution in [2.75, 3.05) is 0 Å². The molecule has 0 aliphatic carbocycles. The van der Waals surface area contributed by atoms with Crippen LogP contribution in [0.2, 0.25) is 0 Å². The summed E-state index contributed by atoms with van der Waals surface area (Å²) < 4.78 is 45.6. The molecule has 26 heavy (non-hydrogen) atoms. The SMILES string of the molecule is FC(F)(F)c1ncc2ccc(-c3cnc(Oc4ccccc4)nc3)cn12. The highest BCUT2D eigenvalue weighted by atomic mass is 19.4. The van der Waals surface area contributed by atoms with E-state index in [-0.39, 0.29) is 6.01 Å². The number of hydrogen-bond acceptors (Lipinski definition) is 4. The molecular formula is C18H11F3N4O. The minimum absolute atomic E-state index is 0.152. The van der Waals surface area contributed by atoms with Crippen molar-refractivity contribution in [3.63, 3.8) is 0 Å². The molecule has 0 fully saturated rings. The fraction of sp³-hybridized carbons (Fsp3) is 0.0556. The van der Waals surface area contributed by atoms with Crippen LogP contribution in [0.5, 0.6) is 11.8 Å². The van der Waals surface area contributed by atoms with E-state index in [1.54, 1.807) is 24.3 Å². The molecule has 4 aromatic rings. The van der Waals surface area contributed by atoms with Gasteiger partial charge >= 0.3 is 12.2 Å². The Hall–Kier alpha value is -3.42. The second-order valence-electron chi connectivity index (χ2n) is 5.46. The third-order valence-electron chi connectivity index (χ3n) is 3.69. The zero-order chi connectivity index (χ0) is 18.1. The summed E-state index contributed by atoms with van der Waals surface area (Å²) in [5, 5.41) is 0. The summed E-state index contributed by atoms with van der Waals surface area (Å²) >= 11 is 0. The van der Waals surface area contributed by atoms with Gasteiger partial charge in [-0.15, -0.1) is 0 Å². The number of halogens is 3. The van der Waals surface area contributed by atoms with E-state index in [0.717, 1.165) is 4.40 Å². The van der Waals surface area contributed by atoms with E-state index in [1.807, 2.05) is 18.2 Å². The van der Waals surface area contributed by atoms with Crippen molar-refractivity contribution < 1.29 is 17.9 Å². The van der Waals surface area contributed by atoms with E-state index < -0.39 is 12.0 Å². The number of imidazole rings is 1. The maximum absolute atomic E-state index is 13.0. The molecule has 0 unspecified atom stereocenters. The van der Waals surface area contributed by atoms with Gasteiger partial charge in [-0.05, 0) is 18.2 Å². The standard InChI is InChI=1S/C18H11F3N4O/c19-18(20,21)16-22-10-14-7-6-12(11-25(14)16)13-8-23-17(24-9-13)26-15-4-2-1-3-5-15/h1-11H. The number of rotatable bonds is 3. The number of hydrogen-bond donors (Lipinski definition) is 0. The van der Waals surface area contributed by atoms with Gasteiger partial charge in [-0.3, -0.25) is 4.40 Å². The summed E-state index contributed by atoms with van der Waals surface area (Å²) in [6, 6.07) is 12.4. The highest BCUT2D eigenvalue weighted by molar-refractivity contribution is 5.64. The first-order valence-corrected chi connectivity index (χ1v) is 7.60. The molecule has 4 rings (SSSR count). The van der Waals surface area contributed by atoms with Gasteiger partial charge in [0, 0.05) is 29.7 Å². The summed E-state index contributed by atoms with van der Waals surface area (Å²) in [4.78, 5) is 11.7. The van der Waals surface area contributed by atoms with Crippen LogP contribution < -0.4 is 4.74 Å². The number of pyridine rings is 1. The van der Waals surface area contributed by atoms with Crippen LogP contribution in [0.25, 0.3) is 16.6 Å². The first-order chi connectivity index (χ1) is 12.5. The normalized spacial score (nSPS) is 11.7. The number of aromatic nitrogens is 4. The van der Waals surface area contributed by atoms with Crippen LogP contribution >= 0.6 is 0 Å². The fourth-order valence-corrected chi connectivity index (χ4v) is 2.48. The van der Waals surface area contributed by atoms with E-state index >= 15 is 0 Å². The van der Waals surface area contributed by atoms with Gasteiger partial charge in [0.05, 0.1) is 11.7 Å². The van der Waals surface area contributed by atoms with E-state index in [1.165, 1.54) is 24.8 Å². The minimum atomic E-state index is -4.53. The van der Waals surface area contributed by atoms with Crippen LogP contribution in [-0.4, -0.2) is 19.4 Å². The second kappa shape index (κ2) is 6.14. The molecule has 0 bridgehead atoms. The third-order valence-corrected chi connectivity index (χ3v) is 3.69. The van der Waals surface area contributed by atoms with Gasteiger partial charge in [0.1, 0.15) is 5.75 Å². The molecule has 0 saturated carbocycles. The molecule has 0 N–H and O–H groups in total. The molecule has 3 heterocycles. The Morgan fingerprint density at radius 3 is 2.23 bits per heavy atom. The summed E-state index contributed by atoms with van der Waals surface area (Å²) in [6.45, 7) is 0. The summed E-state index contributed by atoms with van der Waals surface area (Å²) in [5.41, 5.74) is 1.45. The van der Waals surface area contributed by atoms with Crippen molar-refractivity contribution in [3.05, 3.63) is 73.1 Å². The molecule has 5 nitrogen and oxygen atoms in total. The van der Waals surface area contributed by atoms with E-state index in [4.69, 9.17) is 4.74 Å². The molecule has 0 aliphatic heterocycles. The zero-order valence-corrected chi connectivity index (χ0v) is 13.2. The van der Waals surface area contributed by atoms with Crippen LogP contribution in [-0.2, 0) is 6.18 Å². The molecular weight excluding hydrogens is 345 g/mol. The maximum atomic E-state index is 13.0. The molecule has 0 saturated heterocycles. The largest absolute Gasteiger partial charge is 0.450 e. The van der Waals surface area contributed by atoms with Crippen LogP contribution in [0.1, 0.15) is 5.82 Å². The third kappa shape index (κ3) is 3.08. The minimum Gasteiger partial charge on any atom is -0.424 e. The van der Waals surface area contributed by atoms with Gasteiger partial charge in [-0.2, -0.15) is 13.2 Å². The molecule has 0 atom stereocenters. The number of alkyl halides is 3. The van der Waals surface area contributed by atoms with Crippen molar-refractivity contribution >= 4 is 5.52 Å². The topological polar surface area (TPSA) is 52.3 Å². The smallest absolute Gasteiger partial charge is 0.424 e. The Kier molecular flexibility index (Phi) is 3.80. The predicted molar refractivity (Wildman–Crippen MR) is 87.7 cm³/mol. The number of ether oxygens (including phenoxy) is 1. The van der Waals surface area contributed by atoms with Crippen molar-refractivity contribution in [2.24, 2.45) is 0 Å². The molecule has 0 spiro atoms. The molecule has 130 valence electrons. The van der Waals surface area contributed by atoms with Crippen molar-refractivity contribution in [2.45, 2.75) is 6.18 Å². The van der Waals surface area contributed by atoms with Crippen LogP contribution in [0.15, 0.2) is 67.3 Å².